The monoisotopic (exact) mass is 453 g/mol. The molecule has 0 aliphatic heterocycles. The van der Waals surface area contributed by atoms with Gasteiger partial charge in [0.05, 0.1) is 21.6 Å². The summed E-state index contributed by atoms with van der Waals surface area (Å²) in [6.45, 7) is 1.85. The number of rotatable bonds is 6. The second-order valence-corrected chi connectivity index (χ2v) is 9.76. The third-order valence-corrected chi connectivity index (χ3v) is 7.28. The normalized spacial score (nSPS) is 20.5. The van der Waals surface area contributed by atoms with Crippen LogP contribution in [0, 0.1) is 11.7 Å². The van der Waals surface area contributed by atoms with Gasteiger partial charge in [-0.25, -0.2) is 17.5 Å². The molecular weight excluding hydrogens is 429 g/mol. The summed E-state index contributed by atoms with van der Waals surface area (Å²) in [7, 11) is -3.72. The van der Waals surface area contributed by atoms with Gasteiger partial charge < -0.3 is 11.1 Å². The molecule has 162 valence electrons. The molecule has 1 amide bonds. The van der Waals surface area contributed by atoms with E-state index in [1.54, 1.807) is 12.1 Å². The van der Waals surface area contributed by atoms with Crippen molar-refractivity contribution >= 4 is 33.2 Å². The van der Waals surface area contributed by atoms with Gasteiger partial charge in [-0.1, -0.05) is 23.7 Å². The van der Waals surface area contributed by atoms with Crippen LogP contribution in [0.25, 0.3) is 0 Å². The lowest BCUT2D eigenvalue weighted by Crippen LogP contribution is -2.41. The Hall–Kier alpha value is -2.16. The van der Waals surface area contributed by atoms with E-state index in [9.17, 15) is 17.6 Å². The Labute approximate surface area is 181 Å². The molecule has 1 aliphatic carbocycles. The Kier molecular flexibility index (Phi) is 7.00. The number of carbonyl (C=O) groups excluding carboxylic acids is 1. The molecule has 6 nitrogen and oxygen atoms in total. The van der Waals surface area contributed by atoms with Gasteiger partial charge in [-0.3, -0.25) is 4.79 Å². The minimum atomic E-state index is -3.72. The summed E-state index contributed by atoms with van der Waals surface area (Å²) in [5.41, 5.74) is 6.78. The molecule has 0 heterocycles. The highest BCUT2D eigenvalue weighted by atomic mass is 35.5. The zero-order valence-corrected chi connectivity index (χ0v) is 18.1. The Morgan fingerprint density at radius 3 is 2.37 bits per heavy atom. The van der Waals surface area contributed by atoms with Gasteiger partial charge in [0.25, 0.3) is 0 Å². The maximum atomic E-state index is 13.1. The van der Waals surface area contributed by atoms with Crippen molar-refractivity contribution < 1.29 is 17.6 Å². The summed E-state index contributed by atoms with van der Waals surface area (Å²) in [6.07, 6.45) is 2.28. The highest BCUT2D eigenvalue weighted by molar-refractivity contribution is 7.89. The standard InChI is InChI=1S/C21H25ClFN3O3S/c1-13(14-2-6-16(23)7-3-14)25-21(27)15-4-8-17(9-5-15)26-30(28,29)18-10-11-20(24)19(22)12-18/h2-3,6-7,10-13,15,17,26H,4-5,8-9,24H2,1H3,(H,25,27). The third-order valence-electron chi connectivity index (χ3n) is 5.43. The third kappa shape index (κ3) is 5.50. The molecular formula is C21H25ClFN3O3S. The Bertz CT molecular complexity index is 1010. The van der Waals surface area contributed by atoms with Crippen LogP contribution < -0.4 is 15.8 Å². The Morgan fingerprint density at radius 1 is 1.13 bits per heavy atom. The molecule has 1 aliphatic rings. The maximum absolute atomic E-state index is 13.1. The number of nitrogens with two attached hydrogens (primary N) is 1. The Morgan fingerprint density at radius 2 is 1.77 bits per heavy atom. The summed E-state index contributed by atoms with van der Waals surface area (Å²) in [6, 6.07) is 9.75. The lowest BCUT2D eigenvalue weighted by atomic mass is 9.85. The molecule has 0 saturated heterocycles. The zero-order valence-electron chi connectivity index (χ0n) is 16.6. The van der Waals surface area contributed by atoms with Gasteiger partial charge in [-0.15, -0.1) is 0 Å². The van der Waals surface area contributed by atoms with E-state index in [1.165, 1.54) is 30.3 Å². The van der Waals surface area contributed by atoms with E-state index < -0.39 is 10.0 Å². The summed E-state index contributed by atoms with van der Waals surface area (Å²) in [4.78, 5) is 12.6. The van der Waals surface area contributed by atoms with Crippen LogP contribution >= 0.6 is 11.6 Å². The first-order valence-corrected chi connectivity index (χ1v) is 11.6. The highest BCUT2D eigenvalue weighted by Gasteiger charge is 2.30. The van der Waals surface area contributed by atoms with Crippen LogP contribution in [0.1, 0.15) is 44.2 Å². The molecule has 0 radical (unpaired) electrons. The fraction of sp³-hybridized carbons (Fsp3) is 0.381. The van der Waals surface area contributed by atoms with E-state index in [-0.39, 0.29) is 39.6 Å². The molecule has 3 rings (SSSR count). The molecule has 1 fully saturated rings. The number of hydrogen-bond donors (Lipinski definition) is 3. The first-order valence-electron chi connectivity index (χ1n) is 9.79. The molecule has 30 heavy (non-hydrogen) atoms. The van der Waals surface area contributed by atoms with E-state index in [4.69, 9.17) is 17.3 Å². The van der Waals surface area contributed by atoms with Gasteiger partial charge in [-0.2, -0.15) is 0 Å². The van der Waals surface area contributed by atoms with Crippen LogP contribution in [0.5, 0.6) is 0 Å². The largest absolute Gasteiger partial charge is 0.398 e. The summed E-state index contributed by atoms with van der Waals surface area (Å²) in [5, 5.41) is 3.15. The fourth-order valence-electron chi connectivity index (χ4n) is 3.60. The summed E-state index contributed by atoms with van der Waals surface area (Å²) in [5.74, 6) is -0.572. The molecule has 2 aromatic carbocycles. The number of halogens is 2. The van der Waals surface area contributed by atoms with Gasteiger partial charge in [-0.05, 0) is 68.5 Å². The molecule has 9 heteroatoms. The van der Waals surface area contributed by atoms with Gasteiger partial charge >= 0.3 is 0 Å². The molecule has 1 unspecified atom stereocenters. The summed E-state index contributed by atoms with van der Waals surface area (Å²) >= 11 is 5.93. The minimum Gasteiger partial charge on any atom is -0.398 e. The second-order valence-electron chi connectivity index (χ2n) is 7.63. The quantitative estimate of drug-likeness (QED) is 0.579. The lowest BCUT2D eigenvalue weighted by Gasteiger charge is -2.29. The number of hydrogen-bond acceptors (Lipinski definition) is 4. The second kappa shape index (κ2) is 9.32. The molecule has 0 bridgehead atoms. The van der Waals surface area contributed by atoms with Crippen molar-refractivity contribution in [3.8, 4) is 0 Å². The van der Waals surface area contributed by atoms with Crippen LogP contribution in [-0.2, 0) is 14.8 Å². The van der Waals surface area contributed by atoms with Crippen LogP contribution in [0.2, 0.25) is 5.02 Å². The van der Waals surface area contributed by atoms with Crippen LogP contribution in [0.15, 0.2) is 47.4 Å². The zero-order chi connectivity index (χ0) is 21.9. The van der Waals surface area contributed by atoms with E-state index >= 15 is 0 Å². The fourth-order valence-corrected chi connectivity index (χ4v) is 5.18. The maximum Gasteiger partial charge on any atom is 0.240 e. The van der Waals surface area contributed by atoms with Crippen molar-refractivity contribution in [3.63, 3.8) is 0 Å². The van der Waals surface area contributed by atoms with Gasteiger partial charge in [0.2, 0.25) is 15.9 Å². The predicted octanol–water partition coefficient (Wildman–Crippen LogP) is 3.78. The van der Waals surface area contributed by atoms with Crippen LogP contribution in [0.3, 0.4) is 0 Å². The SMILES string of the molecule is CC(NC(=O)C1CCC(NS(=O)(=O)c2ccc(N)c(Cl)c2)CC1)c1ccc(F)cc1. The van der Waals surface area contributed by atoms with Crippen LogP contribution in [-0.4, -0.2) is 20.4 Å². The predicted molar refractivity (Wildman–Crippen MR) is 115 cm³/mol. The van der Waals surface area contributed by atoms with Gasteiger partial charge in [0, 0.05) is 12.0 Å². The summed E-state index contributed by atoms with van der Waals surface area (Å²) < 4.78 is 40.9. The van der Waals surface area contributed by atoms with Crippen molar-refractivity contribution in [2.45, 2.75) is 49.6 Å². The average Bonchev–Trinajstić information content (AvgIpc) is 2.70. The molecule has 2 aromatic rings. The molecule has 4 N–H and O–H groups in total. The first-order chi connectivity index (χ1) is 14.2. The molecule has 0 aromatic heterocycles. The van der Waals surface area contributed by atoms with E-state index in [0.29, 0.717) is 31.4 Å². The Balaban J connectivity index is 1.53. The highest BCUT2D eigenvalue weighted by Crippen LogP contribution is 2.28. The van der Waals surface area contributed by atoms with E-state index in [1.807, 2.05) is 6.92 Å². The van der Waals surface area contributed by atoms with Crippen molar-refractivity contribution in [1.82, 2.24) is 10.0 Å². The molecule has 1 atom stereocenters. The lowest BCUT2D eigenvalue weighted by molar-refractivity contribution is -0.126. The molecule has 0 spiro atoms. The number of amides is 1. The van der Waals surface area contributed by atoms with Crippen molar-refractivity contribution in [1.29, 1.82) is 0 Å². The van der Waals surface area contributed by atoms with E-state index in [0.717, 1.165) is 5.56 Å². The topological polar surface area (TPSA) is 101 Å². The number of nitrogen functional groups attached to an aromatic ring is 1. The minimum absolute atomic E-state index is 0.0645. The first kappa shape index (κ1) is 22.5. The van der Waals surface area contributed by atoms with Crippen molar-refractivity contribution in [2.24, 2.45) is 5.92 Å². The molecule has 1 saturated carbocycles. The number of benzene rings is 2. The average molecular weight is 454 g/mol. The van der Waals surface area contributed by atoms with Crippen molar-refractivity contribution in [3.05, 3.63) is 58.9 Å². The number of carbonyl (C=O) groups is 1. The smallest absolute Gasteiger partial charge is 0.240 e. The number of anilines is 1. The van der Waals surface area contributed by atoms with Gasteiger partial charge in [0.15, 0.2) is 0 Å². The van der Waals surface area contributed by atoms with Crippen molar-refractivity contribution in [2.75, 3.05) is 5.73 Å². The van der Waals surface area contributed by atoms with E-state index in [2.05, 4.69) is 10.0 Å². The van der Waals surface area contributed by atoms with Crippen LogP contribution in [0.4, 0.5) is 10.1 Å². The number of nitrogens with one attached hydrogen (secondary N) is 2. The number of sulfonamides is 1. The van der Waals surface area contributed by atoms with Gasteiger partial charge in [0.1, 0.15) is 5.82 Å².